The van der Waals surface area contributed by atoms with Gasteiger partial charge in [-0.3, -0.25) is 9.48 Å². The summed E-state index contributed by atoms with van der Waals surface area (Å²) in [5, 5.41) is 25.7. The van der Waals surface area contributed by atoms with Crippen LogP contribution < -0.4 is 10.1 Å². The number of fused-ring (bicyclic) bond motifs is 1. The molecule has 3 aromatic rings. The Morgan fingerprint density at radius 3 is 2.75 bits per heavy atom. The average molecular weight is 438 g/mol. The van der Waals surface area contributed by atoms with Gasteiger partial charge >= 0.3 is 6.09 Å². The van der Waals surface area contributed by atoms with Crippen molar-refractivity contribution in [3.63, 3.8) is 0 Å². The molecule has 0 bridgehead atoms. The number of amides is 2. The molecule has 1 aliphatic rings. The molecule has 1 saturated heterocycles. The van der Waals surface area contributed by atoms with Crippen LogP contribution in [-0.2, 0) is 7.05 Å². The third-order valence-corrected chi connectivity index (χ3v) is 5.73. The highest BCUT2D eigenvalue weighted by Crippen LogP contribution is 2.31. The number of ether oxygens (including phenoxy) is 1. The summed E-state index contributed by atoms with van der Waals surface area (Å²) in [6.07, 6.45) is 2.33. The summed E-state index contributed by atoms with van der Waals surface area (Å²) in [5.41, 5.74) is 1.94. The van der Waals surface area contributed by atoms with E-state index in [2.05, 4.69) is 20.6 Å². The van der Waals surface area contributed by atoms with Gasteiger partial charge < -0.3 is 20.1 Å². The molecule has 1 fully saturated rings. The summed E-state index contributed by atoms with van der Waals surface area (Å²) in [6.45, 7) is 4.65. The molecule has 2 N–H and O–H groups in total. The lowest BCUT2D eigenvalue weighted by Crippen LogP contribution is -2.43. The number of aryl methyl sites for hydroxylation is 1. The number of piperidine rings is 1. The average Bonchev–Trinajstić information content (AvgIpc) is 3.12. The van der Waals surface area contributed by atoms with Gasteiger partial charge in [-0.25, -0.2) is 4.79 Å². The summed E-state index contributed by atoms with van der Waals surface area (Å²) in [6, 6.07) is 6.99. The van der Waals surface area contributed by atoms with Crippen LogP contribution in [0.3, 0.4) is 0 Å². The minimum absolute atomic E-state index is 0.0770. The van der Waals surface area contributed by atoms with Crippen LogP contribution in [0.5, 0.6) is 5.75 Å². The minimum Gasteiger partial charge on any atom is -0.493 e. The van der Waals surface area contributed by atoms with Crippen LogP contribution in [-0.4, -0.2) is 61.2 Å². The van der Waals surface area contributed by atoms with Crippen molar-refractivity contribution in [2.24, 2.45) is 7.05 Å². The second-order valence-electron chi connectivity index (χ2n) is 7.99. The molecule has 0 radical (unpaired) electrons. The van der Waals surface area contributed by atoms with Gasteiger partial charge in [-0.15, -0.1) is 5.10 Å². The van der Waals surface area contributed by atoms with Crippen molar-refractivity contribution in [1.82, 2.24) is 24.9 Å². The van der Waals surface area contributed by atoms with Gasteiger partial charge in [0.1, 0.15) is 5.75 Å². The Bertz CT molecular complexity index is 1140. The number of carbonyl (C=O) groups is 2. The topological polar surface area (TPSA) is 122 Å². The van der Waals surface area contributed by atoms with Crippen LogP contribution in [0.15, 0.2) is 30.5 Å². The Morgan fingerprint density at radius 2 is 2.09 bits per heavy atom. The second-order valence-corrected chi connectivity index (χ2v) is 7.99. The molecular formula is C22H26N6O4. The molecule has 10 heteroatoms. The van der Waals surface area contributed by atoms with Gasteiger partial charge in [-0.05, 0) is 44.9 Å². The van der Waals surface area contributed by atoms with Gasteiger partial charge in [0.15, 0.2) is 5.82 Å². The van der Waals surface area contributed by atoms with Crippen molar-refractivity contribution in [3.05, 3.63) is 41.7 Å². The number of nitrogens with one attached hydrogen (secondary N) is 1. The zero-order valence-corrected chi connectivity index (χ0v) is 18.3. The van der Waals surface area contributed by atoms with Crippen molar-refractivity contribution in [2.45, 2.75) is 38.6 Å². The first-order chi connectivity index (χ1) is 15.4. The molecule has 1 unspecified atom stereocenters. The number of likely N-dealkylation sites (tertiary alicyclic amines) is 1. The molecule has 4 rings (SSSR count). The summed E-state index contributed by atoms with van der Waals surface area (Å²) < 4.78 is 7.34. The maximum atomic E-state index is 12.9. The Morgan fingerprint density at radius 1 is 1.28 bits per heavy atom. The fourth-order valence-corrected chi connectivity index (χ4v) is 4.16. The highest BCUT2D eigenvalue weighted by atomic mass is 16.5. The van der Waals surface area contributed by atoms with Gasteiger partial charge in [0.25, 0.3) is 5.91 Å². The molecular weight excluding hydrogens is 412 g/mol. The smallest absolute Gasteiger partial charge is 0.407 e. The maximum Gasteiger partial charge on any atom is 0.407 e. The predicted octanol–water partition coefficient (Wildman–Crippen LogP) is 3.26. The molecule has 1 aromatic carbocycles. The molecule has 0 aliphatic carbocycles. The summed E-state index contributed by atoms with van der Waals surface area (Å²) >= 11 is 0. The monoisotopic (exact) mass is 438 g/mol. The molecule has 168 valence electrons. The highest BCUT2D eigenvalue weighted by Gasteiger charge is 2.30. The number of rotatable bonds is 5. The number of anilines is 1. The number of benzene rings is 1. The number of nitrogens with zero attached hydrogens (tertiary/aromatic N) is 5. The number of carboxylic acid groups (broad SMARTS) is 1. The van der Waals surface area contributed by atoms with E-state index in [1.165, 1.54) is 4.90 Å². The van der Waals surface area contributed by atoms with E-state index in [0.29, 0.717) is 43.1 Å². The molecule has 2 aromatic heterocycles. The summed E-state index contributed by atoms with van der Waals surface area (Å²) in [5.74, 6) is 0.587. The number of hydrogen-bond donors (Lipinski definition) is 2. The molecule has 0 saturated carbocycles. The Labute approximate surface area is 185 Å². The zero-order valence-electron chi connectivity index (χ0n) is 18.3. The van der Waals surface area contributed by atoms with Crippen molar-refractivity contribution < 1.29 is 19.4 Å². The molecule has 1 aliphatic heterocycles. The van der Waals surface area contributed by atoms with E-state index in [1.54, 1.807) is 22.9 Å². The van der Waals surface area contributed by atoms with E-state index >= 15 is 0 Å². The number of hydrogen-bond acceptors (Lipinski definition) is 6. The Kier molecular flexibility index (Phi) is 5.93. The SMILES string of the molecule is CCOc1cc2nn(C)cc2cc1C(=O)Nc1ccc(C2CCN(C(=O)O)[C@@H](C)C2)nn1. The molecule has 10 nitrogen and oxygen atoms in total. The maximum absolute atomic E-state index is 12.9. The first kappa shape index (κ1) is 21.5. The highest BCUT2D eigenvalue weighted by molar-refractivity contribution is 6.08. The van der Waals surface area contributed by atoms with E-state index < -0.39 is 6.09 Å². The largest absolute Gasteiger partial charge is 0.493 e. The lowest BCUT2D eigenvalue weighted by Gasteiger charge is -2.35. The Hall–Kier alpha value is -3.69. The first-order valence-electron chi connectivity index (χ1n) is 10.6. The fraction of sp³-hybridized carbons (Fsp3) is 0.409. The van der Waals surface area contributed by atoms with E-state index in [-0.39, 0.29) is 17.9 Å². The van der Waals surface area contributed by atoms with Crippen LogP contribution in [0.2, 0.25) is 0 Å². The third kappa shape index (κ3) is 4.34. The predicted molar refractivity (Wildman–Crippen MR) is 118 cm³/mol. The van der Waals surface area contributed by atoms with Crippen molar-refractivity contribution in [1.29, 1.82) is 0 Å². The van der Waals surface area contributed by atoms with Gasteiger partial charge in [0.05, 0.1) is 23.4 Å². The van der Waals surface area contributed by atoms with Gasteiger partial charge in [0, 0.05) is 43.2 Å². The standard InChI is InChI=1S/C22H26N6O4/c1-4-32-19-11-18-15(12-27(3)26-18)10-16(19)21(29)23-20-6-5-17(24-25-20)14-7-8-28(22(30)31)13(2)9-14/h5-6,10-14H,4,7-9H2,1-3H3,(H,30,31)(H,23,25,29)/t13-,14?/m0/s1. The molecule has 2 atom stereocenters. The molecule has 0 spiro atoms. The van der Waals surface area contributed by atoms with Gasteiger partial charge in [-0.2, -0.15) is 10.2 Å². The first-order valence-corrected chi connectivity index (χ1v) is 10.6. The van der Waals surface area contributed by atoms with Gasteiger partial charge in [0.2, 0.25) is 0 Å². The van der Waals surface area contributed by atoms with E-state index in [0.717, 1.165) is 16.6 Å². The quantitative estimate of drug-likeness (QED) is 0.627. The second kappa shape index (κ2) is 8.81. The minimum atomic E-state index is -0.893. The summed E-state index contributed by atoms with van der Waals surface area (Å²) in [4.78, 5) is 25.6. The van der Waals surface area contributed by atoms with Gasteiger partial charge in [-0.1, -0.05) is 0 Å². The zero-order chi connectivity index (χ0) is 22.8. The van der Waals surface area contributed by atoms with Crippen molar-refractivity contribution >= 4 is 28.7 Å². The number of carbonyl (C=O) groups excluding carboxylic acids is 1. The molecule has 2 amide bonds. The third-order valence-electron chi connectivity index (χ3n) is 5.73. The molecule has 3 heterocycles. The van der Waals surface area contributed by atoms with Crippen LogP contribution in [0.4, 0.5) is 10.6 Å². The lowest BCUT2D eigenvalue weighted by atomic mass is 9.89. The van der Waals surface area contributed by atoms with Crippen molar-refractivity contribution in [3.8, 4) is 5.75 Å². The van der Waals surface area contributed by atoms with Crippen LogP contribution >= 0.6 is 0 Å². The van der Waals surface area contributed by atoms with Crippen LogP contribution in [0, 0.1) is 0 Å². The van der Waals surface area contributed by atoms with E-state index in [9.17, 15) is 14.7 Å². The summed E-state index contributed by atoms with van der Waals surface area (Å²) in [7, 11) is 1.82. The lowest BCUT2D eigenvalue weighted by molar-refractivity contribution is 0.102. The fourth-order valence-electron chi connectivity index (χ4n) is 4.16. The molecule has 32 heavy (non-hydrogen) atoms. The van der Waals surface area contributed by atoms with Crippen molar-refractivity contribution in [2.75, 3.05) is 18.5 Å². The van der Waals surface area contributed by atoms with Crippen LogP contribution in [0.25, 0.3) is 10.9 Å². The normalized spacial score (nSPS) is 18.5. The van der Waals surface area contributed by atoms with Crippen LogP contribution in [0.1, 0.15) is 48.7 Å². The Balaban J connectivity index is 1.48. The van der Waals surface area contributed by atoms with E-state index in [1.807, 2.05) is 33.2 Å². The van der Waals surface area contributed by atoms with E-state index in [4.69, 9.17) is 4.74 Å². The number of aromatic nitrogens is 4.